The predicted octanol–water partition coefficient (Wildman–Crippen LogP) is 15.9. The highest BCUT2D eigenvalue weighted by atomic mass is 32.1. The molecule has 298 valence electrons. The van der Waals surface area contributed by atoms with Crippen molar-refractivity contribution in [3.63, 3.8) is 0 Å². The first-order valence-electron chi connectivity index (χ1n) is 21.1. The van der Waals surface area contributed by atoms with E-state index in [4.69, 9.17) is 8.75 Å². The van der Waals surface area contributed by atoms with Gasteiger partial charge in [0, 0.05) is 33.4 Å². The average Bonchev–Trinajstić information content (AvgIpc) is 3.91. The van der Waals surface area contributed by atoms with Crippen LogP contribution in [0.1, 0.15) is 52.7 Å². The number of hydrogen-bond acceptors (Lipinski definition) is 4. The molecule has 2 heterocycles. The summed E-state index contributed by atoms with van der Waals surface area (Å²) in [6.45, 7) is 13.7. The van der Waals surface area contributed by atoms with E-state index >= 15 is 0 Å². The van der Waals surface area contributed by atoms with E-state index in [0.29, 0.717) is 0 Å². The molecule has 0 spiro atoms. The van der Waals surface area contributed by atoms with Crippen molar-refractivity contribution in [3.8, 4) is 39.1 Å². The zero-order chi connectivity index (χ0) is 41.9. The summed E-state index contributed by atoms with van der Waals surface area (Å²) in [5, 5.41) is 2.58. The fourth-order valence-electron chi connectivity index (χ4n) is 8.59. The molecule has 0 atom stereocenters. The summed E-state index contributed by atoms with van der Waals surface area (Å²) < 4.78 is 12.3. The number of nitrogens with zero attached hydrogens (tertiary/aromatic N) is 4. The second-order valence-corrected chi connectivity index (χ2v) is 18.6. The van der Waals surface area contributed by atoms with Gasteiger partial charge in [-0.25, -0.2) is 0 Å². The van der Waals surface area contributed by atoms with Crippen molar-refractivity contribution in [1.29, 1.82) is 0 Å². The van der Waals surface area contributed by atoms with Gasteiger partial charge < -0.3 is 9.47 Å². The van der Waals surface area contributed by atoms with Crippen LogP contribution < -0.4 is 4.90 Å². The van der Waals surface area contributed by atoms with Gasteiger partial charge in [-0.15, -0.1) is 0 Å². The smallest absolute Gasteiger partial charge is 0.129 e. The fourth-order valence-corrected chi connectivity index (χ4v) is 9.15. The summed E-state index contributed by atoms with van der Waals surface area (Å²) in [6.07, 6.45) is 0. The minimum Gasteiger partial charge on any atom is -0.309 e. The van der Waals surface area contributed by atoms with Crippen molar-refractivity contribution < 1.29 is 0 Å². The lowest BCUT2D eigenvalue weighted by Crippen LogP contribution is -2.10. The molecule has 0 aliphatic heterocycles. The Kier molecular flexibility index (Phi) is 9.45. The Bertz CT molecular complexity index is 3010. The molecule has 0 unspecified atom stereocenters. The molecule has 0 aliphatic rings. The molecule has 0 amide bonds. The third-order valence-electron chi connectivity index (χ3n) is 12.0. The third kappa shape index (κ3) is 7.09. The zero-order valence-electron chi connectivity index (χ0n) is 35.5. The first-order valence-corrected chi connectivity index (χ1v) is 21.8. The molecule has 0 bridgehead atoms. The molecule has 0 aliphatic carbocycles. The number of hydrogen-bond donors (Lipinski definition) is 0. The monoisotopic (exact) mass is 808 g/mol. The maximum atomic E-state index is 4.97. The molecule has 2 aromatic heterocycles. The molecule has 0 saturated heterocycles. The van der Waals surface area contributed by atoms with E-state index in [2.05, 4.69) is 233 Å². The molecule has 0 N–H and O–H groups in total. The Morgan fingerprint density at radius 3 is 1.34 bits per heavy atom. The standard InChI is InChI=1S/C56H48N4S/c1-55(2,3)42-23-32-50-48(35-42)49-36-43(56(4,5)6)24-33-51(49)60(50)46-29-21-41(22-30-46)47-31-34-52(54-53(47)57-61-58-54)59(44-25-17-39(18-26-44)37-13-9-7-10-14-37)45-27-19-40(20-28-45)38-15-11-8-12-16-38/h7-36H,1-6H3. The maximum absolute atomic E-state index is 4.97. The summed E-state index contributed by atoms with van der Waals surface area (Å²) in [6, 6.07) is 66.0. The van der Waals surface area contributed by atoms with Crippen LogP contribution in [-0.2, 0) is 10.8 Å². The third-order valence-corrected chi connectivity index (χ3v) is 12.6. The van der Waals surface area contributed by atoms with Gasteiger partial charge in [0.25, 0.3) is 0 Å². The first-order chi connectivity index (χ1) is 29.5. The van der Waals surface area contributed by atoms with E-state index in [1.165, 1.54) is 66.9 Å². The molecule has 0 saturated carbocycles. The average molecular weight is 809 g/mol. The maximum Gasteiger partial charge on any atom is 0.129 e. The van der Waals surface area contributed by atoms with Crippen molar-refractivity contribution in [2.24, 2.45) is 0 Å². The molecule has 5 heteroatoms. The summed E-state index contributed by atoms with van der Waals surface area (Å²) in [4.78, 5) is 2.30. The number of aromatic nitrogens is 3. The second kappa shape index (κ2) is 15.0. The van der Waals surface area contributed by atoms with Gasteiger partial charge in [0.15, 0.2) is 0 Å². The SMILES string of the molecule is CC(C)(C)c1ccc2c(c1)c1cc(C(C)(C)C)ccc1n2-c1ccc(-c2ccc(N(c3ccc(-c4ccccc4)cc3)c3ccc(-c4ccccc4)cc3)c3nsnc23)cc1. The molecule has 8 aromatic carbocycles. The first kappa shape index (κ1) is 38.4. The van der Waals surface area contributed by atoms with Crippen LogP contribution in [0.25, 0.3) is 71.9 Å². The zero-order valence-corrected chi connectivity index (χ0v) is 36.3. The van der Waals surface area contributed by atoms with Crippen LogP contribution in [0.5, 0.6) is 0 Å². The summed E-state index contributed by atoms with van der Waals surface area (Å²) >= 11 is 1.26. The van der Waals surface area contributed by atoms with Gasteiger partial charge in [-0.2, -0.15) is 8.75 Å². The quantitative estimate of drug-likeness (QED) is 0.161. The fraction of sp³-hybridized carbons (Fsp3) is 0.143. The molecule has 10 rings (SSSR count). The summed E-state index contributed by atoms with van der Waals surface area (Å²) in [5.41, 5.74) is 18.1. The van der Waals surface area contributed by atoms with Crippen LogP contribution in [0.15, 0.2) is 182 Å². The van der Waals surface area contributed by atoms with E-state index in [0.717, 1.165) is 44.9 Å². The summed E-state index contributed by atoms with van der Waals surface area (Å²) in [5.74, 6) is 0. The Morgan fingerprint density at radius 2 is 0.869 bits per heavy atom. The molecule has 10 aromatic rings. The van der Waals surface area contributed by atoms with Crippen LogP contribution in [0, 0.1) is 0 Å². The van der Waals surface area contributed by atoms with E-state index in [1.54, 1.807) is 0 Å². The number of rotatable bonds is 7. The van der Waals surface area contributed by atoms with Gasteiger partial charge in [0.1, 0.15) is 11.0 Å². The van der Waals surface area contributed by atoms with Crippen LogP contribution in [0.4, 0.5) is 17.1 Å². The lowest BCUT2D eigenvalue weighted by molar-refractivity contribution is 0.590. The molecule has 4 nitrogen and oxygen atoms in total. The van der Waals surface area contributed by atoms with Crippen LogP contribution >= 0.6 is 11.7 Å². The van der Waals surface area contributed by atoms with Crippen LogP contribution in [0.2, 0.25) is 0 Å². The van der Waals surface area contributed by atoms with Crippen molar-refractivity contribution in [3.05, 3.63) is 193 Å². The molecular formula is C56H48N4S. The van der Waals surface area contributed by atoms with Gasteiger partial charge in [0.2, 0.25) is 0 Å². The minimum absolute atomic E-state index is 0.0500. The van der Waals surface area contributed by atoms with Gasteiger partial charge in [-0.05, 0) is 123 Å². The van der Waals surface area contributed by atoms with E-state index in [1.807, 2.05) is 0 Å². The molecule has 0 radical (unpaired) electrons. The lowest BCUT2D eigenvalue weighted by Gasteiger charge is -2.26. The predicted molar refractivity (Wildman–Crippen MR) is 260 cm³/mol. The Morgan fingerprint density at radius 1 is 0.426 bits per heavy atom. The summed E-state index contributed by atoms with van der Waals surface area (Å²) in [7, 11) is 0. The van der Waals surface area contributed by atoms with E-state index in [-0.39, 0.29) is 10.8 Å². The van der Waals surface area contributed by atoms with Gasteiger partial charge in [-0.3, -0.25) is 0 Å². The van der Waals surface area contributed by atoms with Crippen LogP contribution in [0.3, 0.4) is 0 Å². The van der Waals surface area contributed by atoms with Gasteiger partial charge in [-0.1, -0.05) is 151 Å². The van der Waals surface area contributed by atoms with Crippen molar-refractivity contribution in [2.75, 3.05) is 4.90 Å². The van der Waals surface area contributed by atoms with Crippen molar-refractivity contribution >= 4 is 61.6 Å². The number of benzene rings is 8. The normalized spacial score (nSPS) is 12.1. The molecule has 61 heavy (non-hydrogen) atoms. The van der Waals surface area contributed by atoms with Crippen molar-refractivity contribution in [2.45, 2.75) is 52.4 Å². The lowest BCUT2D eigenvalue weighted by atomic mass is 9.85. The van der Waals surface area contributed by atoms with Crippen LogP contribution in [-0.4, -0.2) is 13.3 Å². The highest BCUT2D eigenvalue weighted by Crippen LogP contribution is 2.43. The van der Waals surface area contributed by atoms with Gasteiger partial charge >= 0.3 is 0 Å². The Labute approximate surface area is 362 Å². The minimum atomic E-state index is 0.0500. The van der Waals surface area contributed by atoms with Gasteiger partial charge in [0.05, 0.1) is 28.4 Å². The molecular weight excluding hydrogens is 761 g/mol. The number of anilines is 3. The molecule has 0 fully saturated rings. The highest BCUT2D eigenvalue weighted by Gasteiger charge is 2.23. The van der Waals surface area contributed by atoms with E-state index in [9.17, 15) is 0 Å². The largest absolute Gasteiger partial charge is 0.309 e. The number of fused-ring (bicyclic) bond motifs is 4. The second-order valence-electron chi connectivity index (χ2n) is 18.1. The topological polar surface area (TPSA) is 34.0 Å². The van der Waals surface area contributed by atoms with Crippen molar-refractivity contribution in [1.82, 2.24) is 13.3 Å². The Balaban J connectivity index is 1.06. The van der Waals surface area contributed by atoms with E-state index < -0.39 is 0 Å². The highest BCUT2D eigenvalue weighted by molar-refractivity contribution is 7.00. The Hall–Kier alpha value is -6.82.